The maximum Gasteiger partial charge on any atom is 0.406 e. The fraction of sp³-hybridized carbons (Fsp3) is 0.357. The number of carbonyl (C=O) groups is 3. The van der Waals surface area contributed by atoms with E-state index in [-0.39, 0.29) is 10.8 Å². The van der Waals surface area contributed by atoms with E-state index in [2.05, 4.69) is 15.6 Å². The van der Waals surface area contributed by atoms with E-state index < -0.39 is 77.4 Å². The normalized spacial score (nSPS) is 25.0. The maximum atomic E-state index is 14.7. The fourth-order valence-electron chi connectivity index (χ4n) is 6.31. The summed E-state index contributed by atoms with van der Waals surface area (Å²) in [5, 5.41) is 5.21. The molecule has 0 unspecified atom stereocenters. The summed E-state index contributed by atoms with van der Waals surface area (Å²) in [6, 6.07) is 3.42. The third-order valence-electron chi connectivity index (χ3n) is 8.31. The third-order valence-corrected chi connectivity index (χ3v) is 9.49. The highest BCUT2D eigenvalue weighted by Crippen LogP contribution is 2.49. The molecule has 1 fully saturated rings. The minimum Gasteiger partial charge on any atom is -0.340 e. The zero-order valence-electron chi connectivity index (χ0n) is 21.8. The number of nitrogens with one attached hydrogen (secondary N) is 2. The van der Waals surface area contributed by atoms with Gasteiger partial charge in [0.15, 0.2) is 11.6 Å². The van der Waals surface area contributed by atoms with Crippen LogP contribution in [0.25, 0.3) is 0 Å². The first kappa shape index (κ1) is 28.2. The molecule has 3 amide bonds. The predicted octanol–water partition coefficient (Wildman–Crippen LogP) is 4.61. The van der Waals surface area contributed by atoms with Gasteiger partial charge in [0.25, 0.3) is 5.91 Å². The number of hydrogen-bond acceptors (Lipinski definition) is 5. The number of benzene rings is 1. The molecule has 2 N–H and O–H groups in total. The van der Waals surface area contributed by atoms with Crippen molar-refractivity contribution < 1.29 is 40.7 Å². The fourth-order valence-corrected chi connectivity index (χ4v) is 7.51. The van der Waals surface area contributed by atoms with Gasteiger partial charge in [0, 0.05) is 40.6 Å². The molecule has 1 aliphatic carbocycles. The highest BCUT2D eigenvalue weighted by atomic mass is 32.1. The topological polar surface area (TPSA) is 91.4 Å². The van der Waals surface area contributed by atoms with Crippen molar-refractivity contribution in [1.82, 2.24) is 15.2 Å². The number of fused-ring (bicyclic) bond motifs is 3. The van der Waals surface area contributed by atoms with Gasteiger partial charge < -0.3 is 15.5 Å². The Labute approximate surface area is 238 Å². The summed E-state index contributed by atoms with van der Waals surface area (Å²) in [5.41, 5.74) is -0.161. The Morgan fingerprint density at radius 2 is 1.90 bits per heavy atom. The standard InChI is InChI=1S/C28H22F6N4O3S/c1-12-14(21-16(29)4-5-17(30)22(21)31)8-18(25(40)38(12)11-28(32,33)34)36-24(39)19-7-13-9-27(10-20(13)42-19)15-3-2-6-35-23(15)37-26(27)41/h2-7,12,14,18H,8-11H2,1H3,(H,36,39)(H,35,37,41)/t12-,14-,18+,27-/m1/s1. The summed E-state index contributed by atoms with van der Waals surface area (Å²) >= 11 is 1.09. The van der Waals surface area contributed by atoms with E-state index in [0.717, 1.165) is 27.3 Å². The van der Waals surface area contributed by atoms with E-state index in [1.165, 1.54) is 6.92 Å². The van der Waals surface area contributed by atoms with Crippen LogP contribution < -0.4 is 10.6 Å². The minimum atomic E-state index is -4.84. The number of rotatable bonds is 4. The molecule has 6 rings (SSSR count). The van der Waals surface area contributed by atoms with Gasteiger partial charge in [-0.1, -0.05) is 6.07 Å². The lowest BCUT2D eigenvalue weighted by atomic mass is 9.80. The molecule has 7 nitrogen and oxygen atoms in total. The number of amides is 3. The molecule has 4 atom stereocenters. The number of hydrogen-bond donors (Lipinski definition) is 2. The Kier molecular flexibility index (Phi) is 6.59. The van der Waals surface area contributed by atoms with Gasteiger partial charge >= 0.3 is 6.18 Å². The largest absolute Gasteiger partial charge is 0.406 e. The smallest absolute Gasteiger partial charge is 0.340 e. The molecule has 0 saturated carbocycles. The van der Waals surface area contributed by atoms with Crippen molar-refractivity contribution in [3.8, 4) is 0 Å². The molecule has 2 aromatic heterocycles. The third kappa shape index (κ3) is 4.52. The van der Waals surface area contributed by atoms with Crippen LogP contribution in [0.4, 0.5) is 32.2 Å². The number of anilines is 1. The minimum absolute atomic E-state index is 0.160. The second-order valence-electron chi connectivity index (χ2n) is 10.8. The van der Waals surface area contributed by atoms with E-state index >= 15 is 0 Å². The van der Waals surface area contributed by atoms with E-state index in [4.69, 9.17) is 0 Å². The van der Waals surface area contributed by atoms with Crippen molar-refractivity contribution in [3.63, 3.8) is 0 Å². The van der Waals surface area contributed by atoms with Crippen LogP contribution in [-0.2, 0) is 27.8 Å². The van der Waals surface area contributed by atoms with Crippen molar-refractivity contribution in [2.45, 2.75) is 55.8 Å². The van der Waals surface area contributed by atoms with E-state index in [1.807, 2.05) is 6.07 Å². The van der Waals surface area contributed by atoms with Gasteiger partial charge in [0.1, 0.15) is 24.2 Å². The zero-order valence-corrected chi connectivity index (χ0v) is 22.6. The van der Waals surface area contributed by atoms with Crippen molar-refractivity contribution in [2.75, 3.05) is 11.9 Å². The molecule has 4 heterocycles. The number of carbonyl (C=O) groups excluding carboxylic acids is 3. The average Bonchev–Trinajstić information content (AvgIpc) is 3.57. The highest BCUT2D eigenvalue weighted by Gasteiger charge is 2.52. The van der Waals surface area contributed by atoms with Crippen LogP contribution in [0.5, 0.6) is 0 Å². The lowest BCUT2D eigenvalue weighted by molar-refractivity contribution is -0.170. The van der Waals surface area contributed by atoms with Gasteiger partial charge in [-0.05, 0) is 49.6 Å². The molecule has 3 aliphatic rings. The van der Waals surface area contributed by atoms with Crippen molar-refractivity contribution in [3.05, 3.63) is 80.4 Å². The second kappa shape index (κ2) is 9.82. The predicted molar refractivity (Wildman–Crippen MR) is 138 cm³/mol. The van der Waals surface area contributed by atoms with E-state index in [0.29, 0.717) is 35.7 Å². The molecule has 1 spiro atoms. The second-order valence-corrected chi connectivity index (χ2v) is 11.9. The Bertz CT molecular complexity index is 1620. The average molecular weight is 609 g/mol. The van der Waals surface area contributed by atoms with Crippen LogP contribution in [0.3, 0.4) is 0 Å². The molecule has 0 bridgehead atoms. The van der Waals surface area contributed by atoms with Crippen molar-refractivity contribution in [1.29, 1.82) is 0 Å². The quantitative estimate of drug-likeness (QED) is 0.334. The van der Waals surface area contributed by atoms with Gasteiger partial charge in [0.05, 0.1) is 10.3 Å². The number of halogens is 6. The zero-order chi connectivity index (χ0) is 30.1. The van der Waals surface area contributed by atoms with Gasteiger partial charge in [-0.2, -0.15) is 13.2 Å². The van der Waals surface area contributed by atoms with Crippen molar-refractivity contribution >= 4 is 34.9 Å². The van der Waals surface area contributed by atoms with E-state index in [1.54, 1.807) is 18.3 Å². The number of piperidine rings is 1. The summed E-state index contributed by atoms with van der Waals surface area (Å²) in [7, 11) is 0. The molecule has 42 heavy (non-hydrogen) atoms. The number of likely N-dealkylation sites (tertiary alicyclic amines) is 1. The molecule has 2 aliphatic heterocycles. The molecule has 3 aromatic rings. The van der Waals surface area contributed by atoms with Crippen LogP contribution in [0.2, 0.25) is 0 Å². The molecule has 1 saturated heterocycles. The molecule has 1 aromatic carbocycles. The molecule has 14 heteroatoms. The van der Waals surface area contributed by atoms with Gasteiger partial charge in [-0.15, -0.1) is 11.3 Å². The number of nitrogens with zero attached hydrogens (tertiary/aromatic N) is 2. The number of pyridine rings is 1. The summed E-state index contributed by atoms with van der Waals surface area (Å²) in [6.45, 7) is -0.523. The van der Waals surface area contributed by atoms with Crippen LogP contribution in [0.15, 0.2) is 36.5 Å². The van der Waals surface area contributed by atoms with Gasteiger partial charge in [0.2, 0.25) is 11.8 Å². The molecule has 0 radical (unpaired) electrons. The maximum absolute atomic E-state index is 14.7. The lowest BCUT2D eigenvalue weighted by Gasteiger charge is -2.43. The molecular formula is C28H22F6N4O3S. The monoisotopic (exact) mass is 608 g/mol. The Morgan fingerprint density at radius 1 is 1.17 bits per heavy atom. The lowest BCUT2D eigenvalue weighted by Crippen LogP contribution is -2.59. The van der Waals surface area contributed by atoms with Crippen LogP contribution in [-0.4, -0.2) is 52.4 Å². The first-order valence-corrected chi connectivity index (χ1v) is 13.8. The Hall–Kier alpha value is -3.94. The van der Waals surface area contributed by atoms with Crippen LogP contribution in [0, 0.1) is 17.5 Å². The highest BCUT2D eigenvalue weighted by molar-refractivity contribution is 7.14. The first-order chi connectivity index (χ1) is 19.8. The van der Waals surface area contributed by atoms with Crippen molar-refractivity contribution in [2.24, 2.45) is 0 Å². The van der Waals surface area contributed by atoms with Gasteiger partial charge in [-0.3, -0.25) is 14.4 Å². The van der Waals surface area contributed by atoms with Crippen LogP contribution >= 0.6 is 11.3 Å². The molecular weight excluding hydrogens is 586 g/mol. The number of thiophene rings is 1. The number of aromatic nitrogens is 1. The van der Waals surface area contributed by atoms with Gasteiger partial charge in [-0.25, -0.2) is 18.2 Å². The molecule has 220 valence electrons. The SMILES string of the molecule is C[C@@H]1[C@H](c2c(F)ccc(F)c2F)C[C@H](NC(=O)c2cc3c(s2)C[C@@]2(C3)C(=O)Nc3ncccc32)C(=O)N1CC(F)(F)F. The summed E-state index contributed by atoms with van der Waals surface area (Å²) in [6.07, 6.45) is -3.11. The van der Waals surface area contributed by atoms with Crippen LogP contribution in [0.1, 0.15) is 50.5 Å². The summed E-state index contributed by atoms with van der Waals surface area (Å²) in [4.78, 5) is 44.8. The summed E-state index contributed by atoms with van der Waals surface area (Å²) < 4.78 is 83.7. The summed E-state index contributed by atoms with van der Waals surface area (Å²) in [5.74, 6) is -7.07. The van der Waals surface area contributed by atoms with E-state index in [9.17, 15) is 40.7 Å². The first-order valence-electron chi connectivity index (χ1n) is 13.0. The Balaban J connectivity index is 1.26. The Morgan fingerprint density at radius 3 is 2.62 bits per heavy atom. The number of alkyl halides is 3.